The summed E-state index contributed by atoms with van der Waals surface area (Å²) in [4.78, 5) is 10.8. The Morgan fingerprint density at radius 3 is 2.58 bits per heavy atom. The molecule has 3 rings (SSSR count). The minimum atomic E-state index is -0.747. The molecule has 0 bridgehead atoms. The Hall–Kier alpha value is -2.48. The van der Waals surface area contributed by atoms with Gasteiger partial charge >= 0.3 is 5.69 Å². The molecule has 1 aliphatic carbocycles. The van der Waals surface area contributed by atoms with Crippen LogP contribution in [0.25, 0.3) is 0 Å². The minimum Gasteiger partial charge on any atom is -0.487 e. The van der Waals surface area contributed by atoms with Crippen LogP contribution in [0.15, 0.2) is 42.5 Å². The lowest BCUT2D eigenvalue weighted by Crippen LogP contribution is -2.45. The van der Waals surface area contributed by atoms with Gasteiger partial charge in [0.15, 0.2) is 5.75 Å². The van der Waals surface area contributed by atoms with E-state index in [0.29, 0.717) is 19.6 Å². The Morgan fingerprint density at radius 2 is 1.97 bits per heavy atom. The van der Waals surface area contributed by atoms with Crippen molar-refractivity contribution in [1.29, 1.82) is 0 Å². The molecular weight excluding hydrogens is 418 g/mol. The molecule has 7 nitrogen and oxygen atoms in total. The second kappa shape index (κ2) is 10.2. The molecule has 2 aromatic carbocycles. The van der Waals surface area contributed by atoms with Gasteiger partial charge in [0.1, 0.15) is 0 Å². The fourth-order valence-electron chi connectivity index (χ4n) is 4.00. The van der Waals surface area contributed by atoms with Crippen LogP contribution in [0, 0.1) is 10.1 Å². The van der Waals surface area contributed by atoms with Gasteiger partial charge in [-0.25, -0.2) is 0 Å². The Labute approximate surface area is 196 Å². The highest BCUT2D eigenvalue weighted by molar-refractivity contribution is 5.48. The van der Waals surface area contributed by atoms with Crippen LogP contribution in [0.2, 0.25) is 0 Å². The molecule has 0 saturated heterocycles. The quantitative estimate of drug-likeness (QED) is 0.346. The van der Waals surface area contributed by atoms with Crippen molar-refractivity contribution in [2.75, 3.05) is 13.2 Å². The first-order chi connectivity index (χ1) is 15.6. The Morgan fingerprint density at radius 1 is 1.24 bits per heavy atom. The number of ether oxygens (including phenoxy) is 1. The summed E-state index contributed by atoms with van der Waals surface area (Å²) in [5.41, 5.74) is 9.58. The summed E-state index contributed by atoms with van der Waals surface area (Å²) in [5.74, 6) is 0.245. The number of aliphatic hydroxyl groups is 1. The smallest absolute Gasteiger partial charge is 0.310 e. The summed E-state index contributed by atoms with van der Waals surface area (Å²) in [6.07, 6.45) is 2.47. The molecule has 0 aromatic heterocycles. The molecule has 0 spiro atoms. The molecule has 1 fully saturated rings. The zero-order valence-corrected chi connectivity index (χ0v) is 20.1. The summed E-state index contributed by atoms with van der Waals surface area (Å²) >= 11 is 0. The van der Waals surface area contributed by atoms with Gasteiger partial charge in [0.05, 0.1) is 17.6 Å². The van der Waals surface area contributed by atoms with Crippen LogP contribution in [0.5, 0.6) is 5.75 Å². The summed E-state index contributed by atoms with van der Waals surface area (Å²) in [6.45, 7) is 9.35. The van der Waals surface area contributed by atoms with E-state index in [-0.39, 0.29) is 22.4 Å². The predicted molar refractivity (Wildman–Crippen MR) is 131 cm³/mol. The van der Waals surface area contributed by atoms with E-state index in [1.807, 2.05) is 6.92 Å². The predicted octanol–water partition coefficient (Wildman–Crippen LogP) is 4.19. The third-order valence-electron chi connectivity index (χ3n) is 6.33. The van der Waals surface area contributed by atoms with Crippen LogP contribution in [-0.4, -0.2) is 35.3 Å². The zero-order chi connectivity index (χ0) is 24.2. The zero-order valence-electron chi connectivity index (χ0n) is 20.1. The molecule has 0 aliphatic heterocycles. The van der Waals surface area contributed by atoms with E-state index in [2.05, 4.69) is 50.4 Å². The Kier molecular flexibility index (Phi) is 7.77. The van der Waals surface area contributed by atoms with Crippen molar-refractivity contribution in [1.82, 2.24) is 5.32 Å². The van der Waals surface area contributed by atoms with Crippen molar-refractivity contribution in [3.63, 3.8) is 0 Å². The number of nitro groups is 1. The number of rotatable bonds is 11. The number of hydrogen-bond donors (Lipinski definition) is 3. The number of hydrogen-bond acceptors (Lipinski definition) is 6. The highest BCUT2D eigenvalue weighted by atomic mass is 16.6. The van der Waals surface area contributed by atoms with Crippen molar-refractivity contribution in [2.24, 2.45) is 5.73 Å². The maximum Gasteiger partial charge on any atom is 0.310 e. The molecule has 180 valence electrons. The molecular formula is C26H37N3O4. The number of nitro benzene ring substituents is 1. The van der Waals surface area contributed by atoms with Gasteiger partial charge in [-0.05, 0) is 53.9 Å². The normalized spacial score (nSPS) is 16.8. The van der Waals surface area contributed by atoms with E-state index in [1.165, 1.54) is 17.2 Å². The lowest BCUT2D eigenvalue weighted by Gasteiger charge is -2.26. The van der Waals surface area contributed by atoms with Gasteiger partial charge in [-0.15, -0.1) is 0 Å². The fourth-order valence-corrected chi connectivity index (χ4v) is 4.00. The molecule has 4 N–H and O–H groups in total. The SMILES string of the molecule is CCCOc1cc(C[C@H](N)[C@H](O)CNC2(c3cccc(C(C)(C)C)c3)CC2)ccc1[N+](=O)[O-]. The van der Waals surface area contributed by atoms with Crippen molar-refractivity contribution >= 4 is 5.69 Å². The number of benzene rings is 2. The standard InChI is InChI=1S/C26H37N3O4/c1-5-13-33-24-15-18(9-10-22(24)29(31)32)14-21(27)23(30)17-28-26(11-12-26)20-8-6-7-19(16-20)25(2,3)4/h6-10,15-16,21,23,28,30H,5,11-14,17,27H2,1-4H3/t21-,23+/m0/s1. The largest absolute Gasteiger partial charge is 0.487 e. The van der Waals surface area contributed by atoms with E-state index in [0.717, 1.165) is 24.8 Å². The fraction of sp³-hybridized carbons (Fsp3) is 0.538. The van der Waals surface area contributed by atoms with Gasteiger partial charge in [0.25, 0.3) is 0 Å². The van der Waals surface area contributed by atoms with Gasteiger partial charge in [0.2, 0.25) is 0 Å². The Balaban J connectivity index is 1.62. The summed E-state index contributed by atoms with van der Waals surface area (Å²) < 4.78 is 5.56. The number of nitrogens with one attached hydrogen (secondary N) is 1. The summed E-state index contributed by atoms with van der Waals surface area (Å²) in [5, 5.41) is 25.5. The monoisotopic (exact) mass is 455 g/mol. The average molecular weight is 456 g/mol. The average Bonchev–Trinajstić information content (AvgIpc) is 3.56. The van der Waals surface area contributed by atoms with Crippen LogP contribution < -0.4 is 15.8 Å². The van der Waals surface area contributed by atoms with Crippen molar-refractivity contribution in [3.05, 3.63) is 69.3 Å². The van der Waals surface area contributed by atoms with Crippen LogP contribution >= 0.6 is 0 Å². The molecule has 7 heteroatoms. The van der Waals surface area contributed by atoms with E-state index < -0.39 is 17.1 Å². The highest BCUT2D eigenvalue weighted by Crippen LogP contribution is 2.46. The molecule has 0 amide bonds. The van der Waals surface area contributed by atoms with E-state index in [4.69, 9.17) is 10.5 Å². The number of nitrogens with two attached hydrogens (primary N) is 1. The third kappa shape index (κ3) is 6.31. The van der Waals surface area contributed by atoms with Gasteiger partial charge < -0.3 is 20.9 Å². The maximum atomic E-state index is 11.3. The first-order valence-electron chi connectivity index (χ1n) is 11.8. The van der Waals surface area contributed by atoms with Crippen molar-refractivity contribution in [2.45, 2.75) is 76.5 Å². The molecule has 33 heavy (non-hydrogen) atoms. The number of aliphatic hydroxyl groups excluding tert-OH is 1. The van der Waals surface area contributed by atoms with Gasteiger partial charge in [-0.2, -0.15) is 0 Å². The van der Waals surface area contributed by atoms with E-state index >= 15 is 0 Å². The lowest BCUT2D eigenvalue weighted by molar-refractivity contribution is -0.385. The van der Waals surface area contributed by atoms with Gasteiger partial charge in [-0.1, -0.05) is 58.0 Å². The van der Waals surface area contributed by atoms with Crippen molar-refractivity contribution < 1.29 is 14.8 Å². The van der Waals surface area contributed by atoms with Crippen LogP contribution in [-0.2, 0) is 17.4 Å². The molecule has 0 heterocycles. The first kappa shape index (κ1) is 25.1. The second-order valence-corrected chi connectivity index (χ2v) is 10.1. The first-order valence-corrected chi connectivity index (χ1v) is 11.8. The van der Waals surface area contributed by atoms with Crippen LogP contribution in [0.4, 0.5) is 5.69 Å². The molecule has 2 atom stereocenters. The van der Waals surface area contributed by atoms with Crippen molar-refractivity contribution in [3.8, 4) is 5.75 Å². The molecule has 1 saturated carbocycles. The highest BCUT2D eigenvalue weighted by Gasteiger charge is 2.44. The lowest BCUT2D eigenvalue weighted by atomic mass is 9.85. The maximum absolute atomic E-state index is 11.3. The molecule has 0 unspecified atom stereocenters. The topological polar surface area (TPSA) is 111 Å². The Bertz CT molecular complexity index is 966. The van der Waals surface area contributed by atoms with Crippen LogP contribution in [0.1, 0.15) is 63.6 Å². The molecule has 1 aliphatic rings. The van der Waals surface area contributed by atoms with Crippen LogP contribution in [0.3, 0.4) is 0 Å². The van der Waals surface area contributed by atoms with Gasteiger partial charge in [0, 0.05) is 24.2 Å². The van der Waals surface area contributed by atoms with Gasteiger partial charge in [-0.3, -0.25) is 10.1 Å². The van der Waals surface area contributed by atoms with E-state index in [1.54, 1.807) is 12.1 Å². The van der Waals surface area contributed by atoms with E-state index in [9.17, 15) is 15.2 Å². The second-order valence-electron chi connectivity index (χ2n) is 10.1. The molecule has 2 aromatic rings. The minimum absolute atomic E-state index is 0.0591. The molecule has 0 radical (unpaired) electrons. The summed E-state index contributed by atoms with van der Waals surface area (Å²) in [6, 6.07) is 13.0. The third-order valence-corrected chi connectivity index (χ3v) is 6.33. The summed E-state index contributed by atoms with van der Waals surface area (Å²) in [7, 11) is 0. The number of nitrogens with zero attached hydrogens (tertiary/aromatic N) is 1.